The zero-order valence-corrected chi connectivity index (χ0v) is 10.4. The van der Waals surface area contributed by atoms with Crippen LogP contribution in [0.2, 0.25) is 0 Å². The van der Waals surface area contributed by atoms with Crippen LogP contribution in [0.1, 0.15) is 47.5 Å². The summed E-state index contributed by atoms with van der Waals surface area (Å²) < 4.78 is 19.5. The molecule has 0 fully saturated rings. The van der Waals surface area contributed by atoms with Crippen LogP contribution in [-0.4, -0.2) is 18.9 Å². The van der Waals surface area contributed by atoms with Crippen molar-refractivity contribution in [3.8, 4) is 0 Å². The molecular formula is C12H25FO. The Kier molecular flexibility index (Phi) is 5.65. The number of rotatable bonds is 6. The molecule has 0 aromatic rings. The number of methoxy groups -OCH3 is 1. The maximum atomic E-state index is 14.2. The molecule has 0 aliphatic carbocycles. The largest absolute Gasteiger partial charge is 0.378 e. The average Bonchev–Trinajstić information content (AvgIpc) is 2.04. The number of hydrogen-bond donors (Lipinski definition) is 0. The smallest absolute Gasteiger partial charge is 0.136 e. The Morgan fingerprint density at radius 3 is 1.93 bits per heavy atom. The second kappa shape index (κ2) is 5.69. The highest BCUT2D eigenvalue weighted by molar-refractivity contribution is 4.86. The minimum Gasteiger partial charge on any atom is -0.378 e. The van der Waals surface area contributed by atoms with Gasteiger partial charge in [0, 0.05) is 7.11 Å². The molecule has 0 aromatic heterocycles. The van der Waals surface area contributed by atoms with Crippen LogP contribution in [0.5, 0.6) is 0 Å². The van der Waals surface area contributed by atoms with E-state index in [0.717, 1.165) is 12.8 Å². The van der Waals surface area contributed by atoms with Gasteiger partial charge in [-0.2, -0.15) is 0 Å². The van der Waals surface area contributed by atoms with Gasteiger partial charge in [0.15, 0.2) is 0 Å². The van der Waals surface area contributed by atoms with Crippen molar-refractivity contribution in [2.45, 2.75) is 59.2 Å². The van der Waals surface area contributed by atoms with E-state index < -0.39 is 5.67 Å². The number of ether oxygens (including phenoxy) is 1. The molecule has 0 rings (SSSR count). The highest BCUT2D eigenvalue weighted by atomic mass is 19.1. The van der Waals surface area contributed by atoms with Crippen LogP contribution in [0.25, 0.3) is 0 Å². The Labute approximate surface area is 88.0 Å². The number of hydrogen-bond acceptors (Lipinski definition) is 1. The molecule has 2 heteroatoms. The summed E-state index contributed by atoms with van der Waals surface area (Å²) in [5.41, 5.74) is -1.22. The van der Waals surface area contributed by atoms with Crippen molar-refractivity contribution in [2.24, 2.45) is 11.8 Å². The van der Waals surface area contributed by atoms with Crippen molar-refractivity contribution in [1.82, 2.24) is 0 Å². The summed E-state index contributed by atoms with van der Waals surface area (Å²) in [6, 6.07) is 0. The van der Waals surface area contributed by atoms with Crippen LogP contribution >= 0.6 is 0 Å². The van der Waals surface area contributed by atoms with E-state index in [1.807, 2.05) is 13.8 Å². The third-order valence-corrected chi connectivity index (χ3v) is 3.05. The Morgan fingerprint density at radius 2 is 1.64 bits per heavy atom. The van der Waals surface area contributed by atoms with Gasteiger partial charge in [-0.1, -0.05) is 27.7 Å². The molecule has 0 saturated carbocycles. The second-order valence-electron chi connectivity index (χ2n) is 5.00. The van der Waals surface area contributed by atoms with E-state index in [0.29, 0.717) is 5.92 Å². The molecule has 0 aliphatic heterocycles. The second-order valence-corrected chi connectivity index (χ2v) is 5.00. The summed E-state index contributed by atoms with van der Waals surface area (Å²) >= 11 is 0. The molecule has 0 N–H and O–H groups in total. The van der Waals surface area contributed by atoms with Crippen LogP contribution in [0.4, 0.5) is 4.39 Å². The van der Waals surface area contributed by atoms with E-state index in [1.54, 1.807) is 14.0 Å². The van der Waals surface area contributed by atoms with Gasteiger partial charge in [-0.25, -0.2) is 4.39 Å². The third-order valence-electron chi connectivity index (χ3n) is 3.05. The lowest BCUT2D eigenvalue weighted by Gasteiger charge is -2.33. The minimum atomic E-state index is -1.22. The molecule has 0 saturated heterocycles. The highest BCUT2D eigenvalue weighted by Crippen LogP contribution is 2.30. The van der Waals surface area contributed by atoms with E-state index in [4.69, 9.17) is 4.74 Å². The van der Waals surface area contributed by atoms with Gasteiger partial charge in [-0.3, -0.25) is 0 Å². The normalized spacial score (nSPS) is 18.6. The van der Waals surface area contributed by atoms with Gasteiger partial charge in [-0.15, -0.1) is 0 Å². The molecule has 0 spiro atoms. The standard InChI is InChI=1S/C12H25FO/c1-9(2)7-8-11(14-6)12(5,13)10(3)4/h9-11H,7-8H2,1-6H3. The van der Waals surface area contributed by atoms with E-state index in [-0.39, 0.29) is 12.0 Å². The van der Waals surface area contributed by atoms with Crippen molar-refractivity contribution in [3.05, 3.63) is 0 Å². The molecular weight excluding hydrogens is 179 g/mol. The van der Waals surface area contributed by atoms with E-state index in [1.165, 1.54) is 0 Å². The molecule has 86 valence electrons. The van der Waals surface area contributed by atoms with Gasteiger partial charge >= 0.3 is 0 Å². The van der Waals surface area contributed by atoms with Crippen molar-refractivity contribution in [2.75, 3.05) is 7.11 Å². The topological polar surface area (TPSA) is 9.23 Å². The van der Waals surface area contributed by atoms with Gasteiger partial charge < -0.3 is 4.74 Å². The first-order chi connectivity index (χ1) is 6.32. The summed E-state index contributed by atoms with van der Waals surface area (Å²) in [6.45, 7) is 9.75. The van der Waals surface area contributed by atoms with Gasteiger partial charge in [0.2, 0.25) is 0 Å². The zero-order chi connectivity index (χ0) is 11.4. The summed E-state index contributed by atoms with van der Waals surface area (Å²) in [4.78, 5) is 0. The average molecular weight is 204 g/mol. The predicted octanol–water partition coefficient (Wildman–Crippen LogP) is 3.82. The Hall–Kier alpha value is -0.110. The third kappa shape index (κ3) is 3.95. The Bertz CT molecular complexity index is 152. The fourth-order valence-corrected chi connectivity index (χ4v) is 1.49. The zero-order valence-electron chi connectivity index (χ0n) is 10.4. The summed E-state index contributed by atoms with van der Waals surface area (Å²) in [5.74, 6) is 0.607. The minimum absolute atomic E-state index is 0.000359. The lowest BCUT2D eigenvalue weighted by Crippen LogP contribution is -2.41. The van der Waals surface area contributed by atoms with Crippen molar-refractivity contribution in [3.63, 3.8) is 0 Å². The van der Waals surface area contributed by atoms with Crippen LogP contribution in [0.3, 0.4) is 0 Å². The van der Waals surface area contributed by atoms with Crippen LogP contribution in [0, 0.1) is 11.8 Å². The number of alkyl halides is 1. The van der Waals surface area contributed by atoms with Crippen molar-refractivity contribution < 1.29 is 9.13 Å². The maximum Gasteiger partial charge on any atom is 0.136 e. The molecule has 0 aromatic carbocycles. The predicted molar refractivity (Wildman–Crippen MR) is 59.2 cm³/mol. The molecule has 0 aliphatic rings. The number of halogens is 1. The van der Waals surface area contributed by atoms with Gasteiger partial charge in [0.25, 0.3) is 0 Å². The quantitative estimate of drug-likeness (QED) is 0.639. The fourth-order valence-electron chi connectivity index (χ4n) is 1.49. The lowest BCUT2D eigenvalue weighted by molar-refractivity contribution is -0.0594. The Morgan fingerprint density at radius 1 is 1.14 bits per heavy atom. The van der Waals surface area contributed by atoms with Gasteiger partial charge in [0.05, 0.1) is 6.10 Å². The molecule has 1 nitrogen and oxygen atoms in total. The first-order valence-electron chi connectivity index (χ1n) is 5.54. The lowest BCUT2D eigenvalue weighted by atomic mass is 9.85. The van der Waals surface area contributed by atoms with E-state index in [9.17, 15) is 4.39 Å². The first kappa shape index (κ1) is 13.9. The monoisotopic (exact) mass is 204 g/mol. The van der Waals surface area contributed by atoms with Crippen LogP contribution in [0.15, 0.2) is 0 Å². The van der Waals surface area contributed by atoms with Crippen LogP contribution in [-0.2, 0) is 4.74 Å². The fraction of sp³-hybridized carbons (Fsp3) is 1.00. The molecule has 2 atom stereocenters. The summed E-state index contributed by atoms with van der Waals surface area (Å²) in [7, 11) is 1.60. The van der Waals surface area contributed by atoms with Crippen molar-refractivity contribution >= 4 is 0 Å². The summed E-state index contributed by atoms with van der Waals surface area (Å²) in [6.07, 6.45) is 1.55. The van der Waals surface area contributed by atoms with E-state index >= 15 is 0 Å². The first-order valence-corrected chi connectivity index (χ1v) is 5.54. The van der Waals surface area contributed by atoms with Gasteiger partial charge in [-0.05, 0) is 31.6 Å². The maximum absolute atomic E-state index is 14.2. The Balaban J connectivity index is 4.25. The SMILES string of the molecule is COC(CCC(C)C)C(C)(F)C(C)C. The van der Waals surface area contributed by atoms with Gasteiger partial charge in [0.1, 0.15) is 5.67 Å². The molecule has 0 amide bonds. The molecule has 2 unspecified atom stereocenters. The molecule has 0 bridgehead atoms. The molecule has 0 radical (unpaired) electrons. The molecule has 14 heavy (non-hydrogen) atoms. The molecule has 0 heterocycles. The van der Waals surface area contributed by atoms with E-state index in [2.05, 4.69) is 13.8 Å². The summed E-state index contributed by atoms with van der Waals surface area (Å²) in [5, 5.41) is 0. The van der Waals surface area contributed by atoms with Crippen molar-refractivity contribution in [1.29, 1.82) is 0 Å². The highest BCUT2D eigenvalue weighted by Gasteiger charge is 2.37. The van der Waals surface area contributed by atoms with Crippen LogP contribution < -0.4 is 0 Å².